The summed E-state index contributed by atoms with van der Waals surface area (Å²) in [5, 5.41) is 17.6. The Hall–Kier alpha value is -0.300. The van der Waals surface area contributed by atoms with E-state index in [-0.39, 0.29) is 29.6 Å². The molecule has 0 aliphatic heterocycles. The minimum Gasteiger partial charge on any atom is -0.547 e. The van der Waals surface area contributed by atoms with Crippen molar-refractivity contribution in [3.63, 3.8) is 0 Å². The summed E-state index contributed by atoms with van der Waals surface area (Å²) in [6.07, 6.45) is -1.78. The first-order valence-electron chi connectivity index (χ1n) is 2.36. The molecule has 0 radical (unpaired) electrons. The van der Waals surface area contributed by atoms with Crippen molar-refractivity contribution in [2.45, 2.75) is 6.04 Å². The molecule has 0 unspecified atom stereocenters. The molecule has 0 saturated carbocycles. The first-order valence-corrected chi connectivity index (χ1v) is 2.36. The molecule has 0 saturated heterocycles. The van der Waals surface area contributed by atoms with Crippen molar-refractivity contribution in [2.24, 2.45) is 5.73 Å². The number of carbonyl (C=O) groups excluding carboxylic acids is 1. The maximum atomic E-state index is 9.89. The van der Waals surface area contributed by atoms with Gasteiger partial charge in [0.15, 0.2) is 0 Å². The van der Waals surface area contributed by atoms with Gasteiger partial charge in [0.25, 0.3) is 6.16 Å². The van der Waals surface area contributed by atoms with E-state index in [4.69, 9.17) is 10.8 Å². The Morgan fingerprint density at radius 1 is 1.64 bits per heavy atom. The van der Waals surface area contributed by atoms with Gasteiger partial charge in [0, 0.05) is 0 Å². The topological polar surface area (TPSA) is 113 Å². The monoisotopic (exact) mass is 171 g/mol. The summed E-state index contributed by atoms with van der Waals surface area (Å²) in [7, 11) is 0. The van der Waals surface area contributed by atoms with Crippen LogP contribution in [0.4, 0.5) is 4.79 Å². The minimum absolute atomic E-state index is 0. The standard InChI is InChI=1S/C4H7NO5.Na/c5-2(3(6)7)1-10-4(8)9;/h2H,1,5H2,(H,6,7)(H,8,9);/q;+1/p-1/t2-;/m0./s1. The Morgan fingerprint density at radius 2 is 2.09 bits per heavy atom. The largest absolute Gasteiger partial charge is 1.00 e. The van der Waals surface area contributed by atoms with E-state index in [0.29, 0.717) is 0 Å². The molecule has 0 heterocycles. The molecule has 11 heavy (non-hydrogen) atoms. The van der Waals surface area contributed by atoms with Crippen LogP contribution in [0.1, 0.15) is 0 Å². The molecule has 0 aliphatic rings. The smallest absolute Gasteiger partial charge is 0.547 e. The zero-order chi connectivity index (χ0) is 8.15. The van der Waals surface area contributed by atoms with Crippen LogP contribution >= 0.6 is 0 Å². The number of nitrogens with two attached hydrogens (primary N) is 1. The fourth-order valence-electron chi connectivity index (χ4n) is 0.229. The molecule has 6 nitrogen and oxygen atoms in total. The molecule has 7 heteroatoms. The zero-order valence-corrected chi connectivity index (χ0v) is 7.94. The van der Waals surface area contributed by atoms with E-state index in [1.54, 1.807) is 0 Å². The minimum atomic E-state index is -1.78. The SMILES string of the molecule is N[C@@H](COC(=O)[O-])C(=O)O.[Na+]. The Labute approximate surface area is 84.6 Å². The zero-order valence-electron chi connectivity index (χ0n) is 5.94. The predicted octanol–water partition coefficient (Wildman–Crippen LogP) is -5.24. The third-order valence-corrected chi connectivity index (χ3v) is 0.698. The van der Waals surface area contributed by atoms with Crippen LogP contribution in [0, 0.1) is 0 Å². The van der Waals surface area contributed by atoms with Gasteiger partial charge < -0.3 is 25.5 Å². The third-order valence-electron chi connectivity index (χ3n) is 0.698. The van der Waals surface area contributed by atoms with Crippen molar-refractivity contribution in [1.82, 2.24) is 0 Å². The fraction of sp³-hybridized carbons (Fsp3) is 0.500. The number of hydrogen-bond acceptors (Lipinski definition) is 5. The number of hydrogen-bond donors (Lipinski definition) is 2. The van der Waals surface area contributed by atoms with Gasteiger partial charge in [-0.05, 0) is 0 Å². The third kappa shape index (κ3) is 7.60. The molecule has 0 aromatic rings. The molecule has 0 aromatic heterocycles. The molecule has 0 aromatic carbocycles. The molecule has 0 amide bonds. The average Bonchev–Trinajstić information content (AvgIpc) is 1.82. The van der Waals surface area contributed by atoms with E-state index in [9.17, 15) is 14.7 Å². The molecular formula is C4H6NNaO5. The van der Waals surface area contributed by atoms with Gasteiger partial charge in [-0.15, -0.1) is 0 Å². The molecule has 1 atom stereocenters. The van der Waals surface area contributed by atoms with Crippen molar-refractivity contribution in [3.05, 3.63) is 0 Å². The molecule has 0 rings (SSSR count). The first kappa shape index (κ1) is 13.3. The maximum Gasteiger partial charge on any atom is 1.00 e. The van der Waals surface area contributed by atoms with Crippen molar-refractivity contribution in [1.29, 1.82) is 0 Å². The van der Waals surface area contributed by atoms with Gasteiger partial charge in [0.1, 0.15) is 6.04 Å². The van der Waals surface area contributed by atoms with E-state index in [0.717, 1.165) is 0 Å². The first-order chi connectivity index (χ1) is 4.54. The van der Waals surface area contributed by atoms with E-state index in [1.807, 2.05) is 0 Å². The molecule has 0 spiro atoms. The summed E-state index contributed by atoms with van der Waals surface area (Å²) in [4.78, 5) is 19.4. The van der Waals surface area contributed by atoms with Crippen LogP contribution in [-0.2, 0) is 9.53 Å². The van der Waals surface area contributed by atoms with Gasteiger partial charge in [-0.25, -0.2) is 0 Å². The van der Waals surface area contributed by atoms with E-state index < -0.39 is 24.8 Å². The van der Waals surface area contributed by atoms with Crippen molar-refractivity contribution >= 4 is 12.1 Å². The molecule has 0 fully saturated rings. The molecular weight excluding hydrogens is 165 g/mol. The summed E-state index contributed by atoms with van der Waals surface area (Å²) >= 11 is 0. The fourth-order valence-corrected chi connectivity index (χ4v) is 0.229. The van der Waals surface area contributed by atoms with Crippen LogP contribution in [0.5, 0.6) is 0 Å². The Bertz CT molecular complexity index is 149. The summed E-state index contributed by atoms with van der Waals surface area (Å²) in [5.41, 5.74) is 4.85. The number of carboxylic acid groups (broad SMARTS) is 2. The van der Waals surface area contributed by atoms with E-state index >= 15 is 0 Å². The summed E-state index contributed by atoms with van der Waals surface area (Å²) in [5.74, 6) is -1.32. The number of ether oxygens (including phenoxy) is 1. The number of rotatable bonds is 3. The molecule has 0 bridgehead atoms. The van der Waals surface area contributed by atoms with Crippen LogP contribution in [-0.4, -0.2) is 29.9 Å². The van der Waals surface area contributed by atoms with E-state index in [2.05, 4.69) is 4.74 Å². The normalized spacial score (nSPS) is 11.0. The van der Waals surface area contributed by atoms with Crippen molar-refractivity contribution in [3.8, 4) is 0 Å². The second-order valence-corrected chi connectivity index (χ2v) is 1.51. The molecule has 58 valence electrons. The second kappa shape index (κ2) is 6.41. The maximum absolute atomic E-state index is 9.89. The predicted molar refractivity (Wildman–Crippen MR) is 27.0 cm³/mol. The summed E-state index contributed by atoms with van der Waals surface area (Å²) < 4.78 is 3.76. The van der Waals surface area contributed by atoms with Gasteiger partial charge in [-0.2, -0.15) is 0 Å². The van der Waals surface area contributed by atoms with Crippen molar-refractivity contribution < 1.29 is 54.1 Å². The van der Waals surface area contributed by atoms with Gasteiger partial charge in [-0.1, -0.05) is 0 Å². The summed E-state index contributed by atoms with van der Waals surface area (Å²) in [6, 6.07) is -1.32. The quantitative estimate of drug-likeness (QED) is 0.324. The number of aliphatic carboxylic acids is 1. The van der Waals surface area contributed by atoms with E-state index in [1.165, 1.54) is 0 Å². The number of carboxylic acids is 1. The van der Waals surface area contributed by atoms with Crippen LogP contribution in [0.3, 0.4) is 0 Å². The number of carbonyl (C=O) groups is 2. The Balaban J connectivity index is 0. The average molecular weight is 171 g/mol. The Kier molecular flexibility index (Phi) is 7.75. The van der Waals surface area contributed by atoms with Crippen LogP contribution in [0.25, 0.3) is 0 Å². The molecule has 0 aliphatic carbocycles. The van der Waals surface area contributed by atoms with Crippen LogP contribution in [0.2, 0.25) is 0 Å². The molecule has 3 N–H and O–H groups in total. The Morgan fingerprint density at radius 3 is 2.36 bits per heavy atom. The van der Waals surface area contributed by atoms with Gasteiger partial charge in [0.2, 0.25) is 0 Å². The van der Waals surface area contributed by atoms with Gasteiger partial charge in [0.05, 0.1) is 6.61 Å². The second-order valence-electron chi connectivity index (χ2n) is 1.51. The van der Waals surface area contributed by atoms with Crippen molar-refractivity contribution in [2.75, 3.05) is 6.61 Å². The van der Waals surface area contributed by atoms with Gasteiger partial charge >= 0.3 is 35.5 Å². The summed E-state index contributed by atoms with van der Waals surface area (Å²) in [6.45, 7) is -0.586. The van der Waals surface area contributed by atoms with Crippen LogP contribution in [0.15, 0.2) is 0 Å². The van der Waals surface area contributed by atoms with Gasteiger partial charge in [-0.3, -0.25) is 4.79 Å². The van der Waals surface area contributed by atoms with Crippen LogP contribution < -0.4 is 40.4 Å².